The highest BCUT2D eigenvalue weighted by Crippen LogP contribution is 2.29. The molecule has 0 aliphatic carbocycles. The monoisotopic (exact) mass is 327 g/mol. The van der Waals surface area contributed by atoms with Crippen molar-refractivity contribution < 1.29 is 4.92 Å². The number of likely N-dealkylation sites (N-methyl/N-ethyl adjacent to an activating group) is 1. The molecule has 0 radical (unpaired) electrons. The van der Waals surface area contributed by atoms with Crippen LogP contribution in [0.3, 0.4) is 0 Å². The standard InChI is InChI=1S/C13H18BrN3O2/c1-2-16(11-6-7-15-8-11)9-10-4-3-5-12(13(10)14)17(18)19/h3-5,11,15H,2,6-9H2,1H3. The summed E-state index contributed by atoms with van der Waals surface area (Å²) in [5.41, 5.74) is 1.11. The molecule has 1 unspecified atom stereocenters. The van der Waals surface area contributed by atoms with Gasteiger partial charge in [-0.1, -0.05) is 19.1 Å². The van der Waals surface area contributed by atoms with E-state index in [4.69, 9.17) is 0 Å². The minimum atomic E-state index is -0.346. The molecule has 1 atom stereocenters. The molecule has 1 aliphatic rings. The van der Waals surface area contributed by atoms with Crippen molar-refractivity contribution in [2.75, 3.05) is 19.6 Å². The molecule has 0 aromatic heterocycles. The van der Waals surface area contributed by atoms with Gasteiger partial charge in [-0.3, -0.25) is 15.0 Å². The molecule has 104 valence electrons. The second kappa shape index (κ2) is 6.45. The molecule has 1 heterocycles. The lowest BCUT2D eigenvalue weighted by Crippen LogP contribution is -2.36. The van der Waals surface area contributed by atoms with Crippen molar-refractivity contribution in [3.63, 3.8) is 0 Å². The minimum Gasteiger partial charge on any atom is -0.315 e. The molecule has 0 amide bonds. The number of rotatable bonds is 5. The lowest BCUT2D eigenvalue weighted by Gasteiger charge is -2.27. The third-order valence-corrected chi connectivity index (χ3v) is 4.50. The Morgan fingerprint density at radius 3 is 2.95 bits per heavy atom. The van der Waals surface area contributed by atoms with Gasteiger partial charge < -0.3 is 5.32 Å². The fourth-order valence-electron chi connectivity index (χ4n) is 2.50. The summed E-state index contributed by atoms with van der Waals surface area (Å²) in [5.74, 6) is 0. The summed E-state index contributed by atoms with van der Waals surface area (Å²) >= 11 is 3.36. The van der Waals surface area contributed by atoms with Crippen LogP contribution in [0.2, 0.25) is 0 Å². The first-order valence-corrected chi connectivity index (χ1v) is 7.29. The van der Waals surface area contributed by atoms with Crippen LogP contribution in [-0.4, -0.2) is 35.5 Å². The number of nitro benzene ring substituents is 1. The second-order valence-corrected chi connectivity index (χ2v) is 5.51. The van der Waals surface area contributed by atoms with Crippen LogP contribution in [0.1, 0.15) is 18.9 Å². The predicted molar refractivity (Wildman–Crippen MR) is 78.2 cm³/mol. The van der Waals surface area contributed by atoms with Gasteiger partial charge in [0, 0.05) is 25.2 Å². The van der Waals surface area contributed by atoms with Gasteiger partial charge in [-0.2, -0.15) is 0 Å². The van der Waals surface area contributed by atoms with Crippen LogP contribution in [0.25, 0.3) is 0 Å². The minimum absolute atomic E-state index is 0.137. The van der Waals surface area contributed by atoms with Crippen molar-refractivity contribution >= 4 is 21.6 Å². The zero-order chi connectivity index (χ0) is 13.8. The topological polar surface area (TPSA) is 58.4 Å². The molecule has 0 bridgehead atoms. The zero-order valence-electron chi connectivity index (χ0n) is 10.9. The Labute approximate surface area is 121 Å². The van der Waals surface area contributed by atoms with Gasteiger partial charge >= 0.3 is 0 Å². The normalized spacial score (nSPS) is 19.0. The van der Waals surface area contributed by atoms with E-state index in [1.165, 1.54) is 6.07 Å². The summed E-state index contributed by atoms with van der Waals surface area (Å²) in [4.78, 5) is 13.0. The fourth-order valence-corrected chi connectivity index (χ4v) is 3.03. The van der Waals surface area contributed by atoms with Crippen LogP contribution < -0.4 is 5.32 Å². The zero-order valence-corrected chi connectivity index (χ0v) is 12.5. The van der Waals surface area contributed by atoms with Gasteiger partial charge in [-0.15, -0.1) is 0 Å². The molecule has 5 nitrogen and oxygen atoms in total. The van der Waals surface area contributed by atoms with Crippen LogP contribution >= 0.6 is 15.9 Å². The molecule has 19 heavy (non-hydrogen) atoms. The Balaban J connectivity index is 2.17. The summed E-state index contributed by atoms with van der Waals surface area (Å²) in [6.07, 6.45) is 1.14. The smallest absolute Gasteiger partial charge is 0.283 e. The molecule has 2 rings (SSSR count). The van der Waals surface area contributed by atoms with E-state index >= 15 is 0 Å². The van der Waals surface area contributed by atoms with Crippen LogP contribution in [0, 0.1) is 10.1 Å². The molecule has 1 saturated heterocycles. The quantitative estimate of drug-likeness (QED) is 0.667. The number of nitrogens with one attached hydrogen (secondary N) is 1. The lowest BCUT2D eigenvalue weighted by atomic mass is 10.1. The Hall–Kier alpha value is -0.980. The van der Waals surface area contributed by atoms with E-state index in [1.807, 2.05) is 6.07 Å². The van der Waals surface area contributed by atoms with Crippen LogP contribution in [0.5, 0.6) is 0 Å². The number of halogens is 1. The first-order chi connectivity index (χ1) is 9.13. The molecule has 0 spiro atoms. The average molecular weight is 328 g/mol. The lowest BCUT2D eigenvalue weighted by molar-refractivity contribution is -0.385. The molecule has 1 fully saturated rings. The van der Waals surface area contributed by atoms with Crippen LogP contribution in [-0.2, 0) is 6.54 Å². The van der Waals surface area contributed by atoms with E-state index in [1.54, 1.807) is 6.07 Å². The Morgan fingerprint density at radius 2 is 2.37 bits per heavy atom. The number of benzene rings is 1. The van der Waals surface area contributed by atoms with Gasteiger partial charge in [0.25, 0.3) is 5.69 Å². The SMILES string of the molecule is CCN(Cc1cccc([N+](=O)[O-])c1Br)C1CCNC1. The highest BCUT2D eigenvalue weighted by Gasteiger charge is 2.23. The van der Waals surface area contributed by atoms with Gasteiger partial charge in [-0.25, -0.2) is 0 Å². The highest BCUT2D eigenvalue weighted by molar-refractivity contribution is 9.10. The number of nitrogens with zero attached hydrogens (tertiary/aromatic N) is 2. The molecule has 6 heteroatoms. The molecule has 1 aromatic rings. The van der Waals surface area contributed by atoms with Gasteiger partial charge in [0.05, 0.1) is 9.40 Å². The molecule has 1 aromatic carbocycles. The molecule has 0 saturated carbocycles. The number of nitro groups is 1. The van der Waals surface area contributed by atoms with E-state index in [2.05, 4.69) is 33.1 Å². The van der Waals surface area contributed by atoms with E-state index in [0.717, 1.165) is 38.2 Å². The molecular formula is C13H18BrN3O2. The third kappa shape index (κ3) is 3.32. The Kier molecular flexibility index (Phi) is 4.90. The highest BCUT2D eigenvalue weighted by atomic mass is 79.9. The largest absolute Gasteiger partial charge is 0.315 e. The average Bonchev–Trinajstić information content (AvgIpc) is 2.91. The van der Waals surface area contributed by atoms with Crippen molar-refractivity contribution in [1.29, 1.82) is 0 Å². The maximum absolute atomic E-state index is 10.9. The van der Waals surface area contributed by atoms with Gasteiger partial charge in [-0.05, 0) is 41.0 Å². The fraction of sp³-hybridized carbons (Fsp3) is 0.538. The molecular weight excluding hydrogens is 310 g/mol. The van der Waals surface area contributed by atoms with E-state index in [9.17, 15) is 10.1 Å². The predicted octanol–water partition coefficient (Wildman–Crippen LogP) is 2.54. The van der Waals surface area contributed by atoms with Crippen LogP contribution in [0.4, 0.5) is 5.69 Å². The van der Waals surface area contributed by atoms with Crippen molar-refractivity contribution in [1.82, 2.24) is 10.2 Å². The Bertz CT molecular complexity index is 461. The summed E-state index contributed by atoms with van der Waals surface area (Å²) in [7, 11) is 0. The van der Waals surface area contributed by atoms with Crippen molar-refractivity contribution in [2.45, 2.75) is 25.9 Å². The molecule has 1 N–H and O–H groups in total. The maximum Gasteiger partial charge on any atom is 0.283 e. The number of hydrogen-bond acceptors (Lipinski definition) is 4. The summed E-state index contributed by atoms with van der Waals surface area (Å²) in [6.45, 7) is 5.87. The van der Waals surface area contributed by atoms with Gasteiger partial charge in [0.15, 0.2) is 0 Å². The van der Waals surface area contributed by atoms with Crippen molar-refractivity contribution in [3.05, 3.63) is 38.3 Å². The van der Waals surface area contributed by atoms with Crippen molar-refractivity contribution in [3.8, 4) is 0 Å². The van der Waals surface area contributed by atoms with E-state index < -0.39 is 0 Å². The maximum atomic E-state index is 10.9. The van der Waals surface area contributed by atoms with Crippen LogP contribution in [0.15, 0.2) is 22.7 Å². The van der Waals surface area contributed by atoms with E-state index in [-0.39, 0.29) is 10.6 Å². The summed E-state index contributed by atoms with van der Waals surface area (Å²) in [6, 6.07) is 5.75. The van der Waals surface area contributed by atoms with Gasteiger partial charge in [0.2, 0.25) is 0 Å². The second-order valence-electron chi connectivity index (χ2n) is 4.72. The van der Waals surface area contributed by atoms with E-state index in [0.29, 0.717) is 10.5 Å². The Morgan fingerprint density at radius 1 is 1.58 bits per heavy atom. The summed E-state index contributed by atoms with van der Waals surface area (Å²) < 4.78 is 0.601. The first kappa shape index (κ1) is 14.4. The van der Waals surface area contributed by atoms with Crippen molar-refractivity contribution in [2.24, 2.45) is 0 Å². The molecule has 1 aliphatic heterocycles. The van der Waals surface area contributed by atoms with Gasteiger partial charge in [0.1, 0.15) is 0 Å². The first-order valence-electron chi connectivity index (χ1n) is 6.50. The third-order valence-electron chi connectivity index (χ3n) is 3.59. The number of hydrogen-bond donors (Lipinski definition) is 1. The summed E-state index contributed by atoms with van der Waals surface area (Å²) in [5, 5.41) is 14.3.